The van der Waals surface area contributed by atoms with Gasteiger partial charge in [-0.1, -0.05) is 0 Å². The molecule has 0 rings (SSSR count). The number of urea groups is 1. The van der Waals surface area contributed by atoms with Crippen molar-refractivity contribution in [1.82, 2.24) is 29.8 Å². The van der Waals surface area contributed by atoms with E-state index >= 15 is 0 Å². The number of amides is 4. The van der Waals surface area contributed by atoms with Crippen molar-refractivity contribution in [3.8, 4) is 0 Å². The second-order valence-corrected chi connectivity index (χ2v) is 6.58. The van der Waals surface area contributed by atoms with Gasteiger partial charge < -0.3 is 41.5 Å². The molecular formula is C17H48N8O4. The topological polar surface area (TPSA) is 152 Å². The number of nitrogens with two attached hydrogens (primary N) is 2. The van der Waals surface area contributed by atoms with Crippen LogP contribution in [0.3, 0.4) is 0 Å². The van der Waals surface area contributed by atoms with Crippen LogP contribution in [-0.4, -0.2) is 146 Å². The molecule has 0 aromatic carbocycles. The van der Waals surface area contributed by atoms with Crippen LogP contribution >= 0.6 is 0 Å². The summed E-state index contributed by atoms with van der Waals surface area (Å²) in [7, 11) is 23.1. The Morgan fingerprint density at radius 1 is 0.862 bits per heavy atom. The number of carbonyl (C=O) groups excluding carboxylic acids is 2. The number of nitrogens with zero attached hydrogens (tertiary/aromatic N) is 5. The normalized spacial score (nSPS) is 7.86. The van der Waals surface area contributed by atoms with E-state index in [4.69, 9.17) is 16.6 Å². The average molecular weight is 429 g/mol. The summed E-state index contributed by atoms with van der Waals surface area (Å²) in [6, 6.07) is -0.407. The molecule has 0 aliphatic rings. The molecule has 0 aliphatic heterocycles. The quantitative estimate of drug-likeness (QED) is 0.324. The van der Waals surface area contributed by atoms with Crippen LogP contribution < -0.4 is 16.8 Å². The Morgan fingerprint density at radius 2 is 1.00 bits per heavy atom. The third-order valence-electron chi connectivity index (χ3n) is 1.40. The minimum Gasteiger partial charge on any atom is -0.465 e. The van der Waals surface area contributed by atoms with Gasteiger partial charge in [0.1, 0.15) is 0 Å². The van der Waals surface area contributed by atoms with Gasteiger partial charge in [0.25, 0.3) is 0 Å². The van der Waals surface area contributed by atoms with Crippen molar-refractivity contribution in [2.24, 2.45) is 11.5 Å². The van der Waals surface area contributed by atoms with Crippen LogP contribution in [0.2, 0.25) is 0 Å². The Kier molecular flexibility index (Phi) is 47.6. The molecule has 0 aromatic heterocycles. The fourth-order valence-electron chi connectivity index (χ4n) is 0. The molecule has 180 valence electrons. The summed E-state index contributed by atoms with van der Waals surface area (Å²) in [5.74, 6) is 0. The van der Waals surface area contributed by atoms with Crippen LogP contribution in [0.4, 0.5) is 9.59 Å². The van der Waals surface area contributed by atoms with E-state index in [2.05, 4.69) is 5.32 Å². The Hall–Kier alpha value is -2.15. The lowest BCUT2D eigenvalue weighted by Gasteiger charge is -2.01. The summed E-state index contributed by atoms with van der Waals surface area (Å²) >= 11 is 0. The molecule has 12 nitrogen and oxygen atoms in total. The number of primary amides is 1. The number of nitrogens with one attached hydrogen (secondary N) is 1. The van der Waals surface area contributed by atoms with E-state index in [1.54, 1.807) is 28.2 Å². The molecule has 0 spiro atoms. The molecule has 12 heteroatoms. The summed E-state index contributed by atoms with van der Waals surface area (Å²) in [5.41, 5.74) is 9.82. The largest absolute Gasteiger partial charge is 0.465 e. The van der Waals surface area contributed by atoms with Gasteiger partial charge in [0.05, 0.1) is 0 Å². The lowest BCUT2D eigenvalue weighted by molar-refractivity contribution is -0.115. The Balaban J connectivity index is -0.0000000555. The fraction of sp³-hybridized carbons (Fsp3) is 0.824. The van der Waals surface area contributed by atoms with E-state index < -0.39 is 12.1 Å². The van der Waals surface area contributed by atoms with E-state index in [0.29, 0.717) is 6.67 Å². The summed E-state index contributed by atoms with van der Waals surface area (Å²) in [5, 5.41) is 10.7. The predicted octanol–water partition coefficient (Wildman–Crippen LogP) is -0.965. The summed E-state index contributed by atoms with van der Waals surface area (Å²) in [6.45, 7) is 0.639. The van der Waals surface area contributed by atoms with Gasteiger partial charge >= 0.3 is 12.1 Å². The van der Waals surface area contributed by atoms with Crippen LogP contribution in [0.5, 0.6) is 0 Å². The lowest BCUT2D eigenvalue weighted by atomic mass is 10.9. The van der Waals surface area contributed by atoms with E-state index in [0.717, 1.165) is 11.3 Å². The first-order valence-corrected chi connectivity index (χ1v) is 8.51. The first-order chi connectivity index (χ1) is 13.0. The van der Waals surface area contributed by atoms with Gasteiger partial charge in [0.15, 0.2) is 0 Å². The van der Waals surface area contributed by atoms with Crippen molar-refractivity contribution >= 4 is 18.5 Å². The number of hydrogen-bond acceptors (Lipinski definition) is 7. The molecule has 0 heterocycles. The molecule has 0 saturated heterocycles. The maximum absolute atomic E-state index is 9.85. The minimum atomic E-state index is -0.907. The average Bonchev–Trinajstić information content (AvgIpc) is 2.56. The molecule has 0 radical (unpaired) electrons. The zero-order valence-electron chi connectivity index (χ0n) is 20.8. The summed E-state index contributed by atoms with van der Waals surface area (Å²) in [6.07, 6.45) is -0.157. The van der Waals surface area contributed by atoms with Gasteiger partial charge in [0.2, 0.25) is 6.41 Å². The van der Waals surface area contributed by atoms with Crippen LogP contribution in [0.15, 0.2) is 0 Å². The molecule has 6 N–H and O–H groups in total. The van der Waals surface area contributed by atoms with Crippen LogP contribution in [-0.2, 0) is 4.79 Å². The van der Waals surface area contributed by atoms with Crippen molar-refractivity contribution in [3.05, 3.63) is 0 Å². The van der Waals surface area contributed by atoms with Crippen molar-refractivity contribution < 1.29 is 19.5 Å². The van der Waals surface area contributed by atoms with E-state index in [1.807, 2.05) is 59.1 Å². The maximum atomic E-state index is 9.85. The molecular weight excluding hydrogens is 380 g/mol. The highest BCUT2D eigenvalue weighted by atomic mass is 16.4. The highest BCUT2D eigenvalue weighted by Gasteiger charge is 1.92. The molecule has 0 unspecified atom stereocenters. The van der Waals surface area contributed by atoms with Crippen LogP contribution in [0, 0.1) is 0 Å². The van der Waals surface area contributed by atoms with E-state index in [1.165, 1.54) is 23.9 Å². The van der Waals surface area contributed by atoms with E-state index in [-0.39, 0.29) is 0 Å². The van der Waals surface area contributed by atoms with Gasteiger partial charge in [-0.2, -0.15) is 0 Å². The lowest BCUT2D eigenvalue weighted by Crippen LogP contribution is -2.27. The SMILES string of the molecule is CN(C)C.CN(C)C(=O)O.CN(C)C(N)=O.CN(C)C=O.CN(C)CN.CNC. The highest BCUT2D eigenvalue weighted by Crippen LogP contribution is 1.69. The smallest absolute Gasteiger partial charge is 0.406 e. The maximum Gasteiger partial charge on any atom is 0.406 e. The van der Waals surface area contributed by atoms with Gasteiger partial charge in [-0.25, -0.2) is 9.59 Å². The molecule has 0 atom stereocenters. The van der Waals surface area contributed by atoms with Crippen molar-refractivity contribution in [2.45, 2.75) is 0 Å². The number of hydrogen-bond donors (Lipinski definition) is 4. The predicted molar refractivity (Wildman–Crippen MR) is 122 cm³/mol. The van der Waals surface area contributed by atoms with Crippen molar-refractivity contribution in [1.29, 1.82) is 0 Å². The zero-order valence-corrected chi connectivity index (χ0v) is 20.8. The summed E-state index contributed by atoms with van der Waals surface area (Å²) in [4.78, 5) is 36.6. The monoisotopic (exact) mass is 428 g/mol. The van der Waals surface area contributed by atoms with Gasteiger partial charge in [-0.3, -0.25) is 9.69 Å². The molecule has 29 heavy (non-hydrogen) atoms. The second kappa shape index (κ2) is 33.4. The van der Waals surface area contributed by atoms with Gasteiger partial charge in [-0.05, 0) is 49.3 Å². The molecule has 0 aliphatic carbocycles. The molecule has 0 saturated carbocycles. The van der Waals surface area contributed by atoms with Crippen LogP contribution in [0.1, 0.15) is 0 Å². The third kappa shape index (κ3) is 152. The Bertz CT molecular complexity index is 319. The molecule has 0 fully saturated rings. The third-order valence-corrected chi connectivity index (χ3v) is 1.40. The Labute approximate surface area is 178 Å². The molecule has 0 aromatic rings. The molecule has 4 amide bonds. The first kappa shape index (κ1) is 41.3. The van der Waals surface area contributed by atoms with Gasteiger partial charge in [-0.15, -0.1) is 0 Å². The number of rotatable bonds is 2. The second-order valence-electron chi connectivity index (χ2n) is 6.58. The minimum absolute atomic E-state index is 0.407. The summed E-state index contributed by atoms with van der Waals surface area (Å²) < 4.78 is 0. The van der Waals surface area contributed by atoms with Crippen LogP contribution in [0.25, 0.3) is 0 Å². The van der Waals surface area contributed by atoms with Crippen molar-refractivity contribution in [3.63, 3.8) is 0 Å². The molecule has 0 bridgehead atoms. The van der Waals surface area contributed by atoms with Crippen molar-refractivity contribution in [2.75, 3.05) is 98.3 Å². The Morgan fingerprint density at radius 3 is 1.00 bits per heavy atom. The number of carboxylic acid groups (broad SMARTS) is 1. The standard InChI is InChI=1S/C3H8N2O.C3H10N2.C3H7NO2.C3H7NO.C3H9N.C2H7N/c1-5(2)3(4)6;1-5(2)3-4;1-4(2)3(5)6;1-4(2)3-5;1-4(2)3;1-3-2/h1-2H3,(H2,4,6);3-4H2,1-2H3;1-2H3,(H,5,6);3H,1-2H3;1-3H3;3H,1-2H3. The highest BCUT2D eigenvalue weighted by molar-refractivity contribution is 5.71. The first-order valence-electron chi connectivity index (χ1n) is 8.51. The fourth-order valence-corrected chi connectivity index (χ4v) is 0. The van der Waals surface area contributed by atoms with Gasteiger partial charge in [0, 0.05) is 49.0 Å². The van der Waals surface area contributed by atoms with E-state index in [9.17, 15) is 14.4 Å². The zero-order chi connectivity index (χ0) is 25.2. The number of carbonyl (C=O) groups is 3.